The summed E-state index contributed by atoms with van der Waals surface area (Å²) in [5.74, 6) is -0.274. The van der Waals surface area contributed by atoms with Crippen molar-refractivity contribution in [3.8, 4) is 5.75 Å². The van der Waals surface area contributed by atoms with Gasteiger partial charge >= 0.3 is 0 Å². The highest BCUT2D eigenvalue weighted by molar-refractivity contribution is 5.30. The number of hydrogen-bond acceptors (Lipinski definition) is 4. The summed E-state index contributed by atoms with van der Waals surface area (Å²) in [5, 5.41) is 12.8. The molecule has 0 saturated heterocycles. The van der Waals surface area contributed by atoms with E-state index in [-0.39, 0.29) is 25.0 Å². The molecule has 5 heteroatoms. The van der Waals surface area contributed by atoms with E-state index in [1.54, 1.807) is 6.07 Å². The van der Waals surface area contributed by atoms with Gasteiger partial charge in [-0.1, -0.05) is 13.0 Å². The highest BCUT2D eigenvalue weighted by Gasteiger charge is 2.11. The summed E-state index contributed by atoms with van der Waals surface area (Å²) in [4.78, 5) is 0. The molecule has 0 aliphatic heterocycles. The normalized spacial score (nSPS) is 14.1. The van der Waals surface area contributed by atoms with E-state index in [2.05, 4.69) is 5.32 Å². The van der Waals surface area contributed by atoms with Crippen molar-refractivity contribution in [2.75, 3.05) is 26.4 Å². The second kappa shape index (κ2) is 8.89. The monoisotopic (exact) mass is 285 g/mol. The van der Waals surface area contributed by atoms with Crippen LogP contribution in [0.4, 0.5) is 4.39 Å². The minimum absolute atomic E-state index is 0.0129. The van der Waals surface area contributed by atoms with Crippen LogP contribution in [-0.4, -0.2) is 37.6 Å². The van der Waals surface area contributed by atoms with Gasteiger partial charge in [-0.15, -0.1) is 0 Å². The first-order valence-corrected chi connectivity index (χ1v) is 6.99. The van der Waals surface area contributed by atoms with E-state index >= 15 is 0 Å². The molecule has 4 nitrogen and oxygen atoms in total. The van der Waals surface area contributed by atoms with Crippen LogP contribution in [0.25, 0.3) is 0 Å². The molecule has 0 bridgehead atoms. The van der Waals surface area contributed by atoms with Gasteiger partial charge < -0.3 is 19.9 Å². The minimum Gasteiger partial charge on any atom is -0.488 e. The fraction of sp³-hybridized carbons (Fsp3) is 0.600. The molecule has 0 spiro atoms. The van der Waals surface area contributed by atoms with Gasteiger partial charge in [0, 0.05) is 12.6 Å². The average molecular weight is 285 g/mol. The molecule has 0 amide bonds. The predicted octanol–water partition coefficient (Wildman–Crippen LogP) is 2.27. The van der Waals surface area contributed by atoms with Gasteiger partial charge in [0.25, 0.3) is 0 Å². The predicted molar refractivity (Wildman–Crippen MR) is 76.5 cm³/mol. The van der Waals surface area contributed by atoms with Crippen LogP contribution in [-0.2, 0) is 4.74 Å². The molecule has 0 fully saturated rings. The van der Waals surface area contributed by atoms with Gasteiger partial charge in [-0.2, -0.15) is 0 Å². The van der Waals surface area contributed by atoms with Crippen LogP contribution >= 0.6 is 0 Å². The molecule has 0 aliphatic rings. The van der Waals surface area contributed by atoms with Crippen LogP contribution in [0.15, 0.2) is 18.2 Å². The Kier molecular flexibility index (Phi) is 7.51. The van der Waals surface area contributed by atoms with Gasteiger partial charge in [-0.3, -0.25) is 0 Å². The van der Waals surface area contributed by atoms with E-state index in [9.17, 15) is 9.50 Å². The van der Waals surface area contributed by atoms with Crippen LogP contribution in [0.2, 0.25) is 0 Å². The number of benzene rings is 1. The molecule has 0 aromatic heterocycles. The van der Waals surface area contributed by atoms with Crippen molar-refractivity contribution in [3.05, 3.63) is 29.6 Å². The Morgan fingerprint density at radius 1 is 1.30 bits per heavy atom. The first-order valence-electron chi connectivity index (χ1n) is 6.99. The summed E-state index contributed by atoms with van der Waals surface area (Å²) in [6, 6.07) is 4.96. The van der Waals surface area contributed by atoms with Crippen molar-refractivity contribution in [1.29, 1.82) is 0 Å². The quantitative estimate of drug-likeness (QED) is 0.731. The van der Waals surface area contributed by atoms with E-state index in [0.717, 1.165) is 12.1 Å². The zero-order valence-corrected chi connectivity index (χ0v) is 12.4. The van der Waals surface area contributed by atoms with Crippen molar-refractivity contribution in [2.24, 2.45) is 0 Å². The zero-order valence-electron chi connectivity index (χ0n) is 12.4. The summed E-state index contributed by atoms with van der Waals surface area (Å²) < 4.78 is 24.2. The molecule has 0 saturated carbocycles. The van der Waals surface area contributed by atoms with E-state index in [1.807, 2.05) is 26.8 Å². The van der Waals surface area contributed by atoms with Gasteiger partial charge in [0.05, 0.1) is 6.61 Å². The van der Waals surface area contributed by atoms with Gasteiger partial charge in [-0.05, 0) is 38.1 Å². The minimum atomic E-state index is -0.755. The SMILES string of the molecule is CCNC(C)c1ccc(OCC(O)COCC)c(F)c1. The number of halogens is 1. The molecule has 2 N–H and O–H groups in total. The summed E-state index contributed by atoms with van der Waals surface area (Å²) in [6.45, 7) is 7.38. The number of rotatable bonds is 9. The molecular formula is C15H24FNO3. The molecule has 0 aliphatic carbocycles. The van der Waals surface area contributed by atoms with Crippen LogP contribution in [0, 0.1) is 5.82 Å². The number of aliphatic hydroxyl groups is 1. The molecule has 1 aromatic carbocycles. The second-order valence-corrected chi connectivity index (χ2v) is 4.59. The second-order valence-electron chi connectivity index (χ2n) is 4.59. The first kappa shape index (κ1) is 16.9. The maximum Gasteiger partial charge on any atom is 0.165 e. The van der Waals surface area contributed by atoms with Crippen molar-refractivity contribution in [1.82, 2.24) is 5.32 Å². The van der Waals surface area contributed by atoms with Gasteiger partial charge in [0.15, 0.2) is 11.6 Å². The molecule has 0 heterocycles. The lowest BCUT2D eigenvalue weighted by molar-refractivity contribution is 0.0157. The Balaban J connectivity index is 2.55. The summed E-state index contributed by atoms with van der Waals surface area (Å²) in [5.41, 5.74) is 0.867. The molecule has 0 radical (unpaired) electrons. The van der Waals surface area contributed by atoms with Gasteiger partial charge in [0.2, 0.25) is 0 Å². The smallest absolute Gasteiger partial charge is 0.165 e. The fourth-order valence-corrected chi connectivity index (χ4v) is 1.82. The van der Waals surface area contributed by atoms with Crippen molar-refractivity contribution in [3.63, 3.8) is 0 Å². The lowest BCUT2D eigenvalue weighted by atomic mass is 10.1. The maximum atomic E-state index is 13.9. The Hall–Kier alpha value is -1.17. The van der Waals surface area contributed by atoms with Crippen molar-refractivity contribution in [2.45, 2.75) is 32.9 Å². The van der Waals surface area contributed by atoms with Crippen LogP contribution in [0.1, 0.15) is 32.4 Å². The van der Waals surface area contributed by atoms with Gasteiger partial charge in [-0.25, -0.2) is 4.39 Å². The standard InChI is InChI=1S/C15H24FNO3/c1-4-17-11(3)12-6-7-15(14(16)8-12)20-10-13(18)9-19-5-2/h6-8,11,13,17-18H,4-5,9-10H2,1-3H3. The molecule has 1 rings (SSSR count). The van der Waals surface area contributed by atoms with E-state index < -0.39 is 11.9 Å². The largest absolute Gasteiger partial charge is 0.488 e. The fourth-order valence-electron chi connectivity index (χ4n) is 1.82. The lowest BCUT2D eigenvalue weighted by Gasteiger charge is -2.15. The number of aliphatic hydroxyl groups excluding tert-OH is 1. The molecular weight excluding hydrogens is 261 g/mol. The molecule has 2 unspecified atom stereocenters. The maximum absolute atomic E-state index is 13.9. The van der Waals surface area contributed by atoms with Crippen LogP contribution in [0.3, 0.4) is 0 Å². The number of hydrogen-bond donors (Lipinski definition) is 2. The van der Waals surface area contributed by atoms with E-state index in [4.69, 9.17) is 9.47 Å². The molecule has 20 heavy (non-hydrogen) atoms. The first-order chi connectivity index (χ1) is 9.58. The summed E-state index contributed by atoms with van der Waals surface area (Å²) in [6.07, 6.45) is -0.755. The van der Waals surface area contributed by atoms with Crippen molar-refractivity contribution >= 4 is 0 Å². The molecule has 2 atom stereocenters. The summed E-state index contributed by atoms with van der Waals surface area (Å²) >= 11 is 0. The Morgan fingerprint density at radius 3 is 2.65 bits per heavy atom. The topological polar surface area (TPSA) is 50.7 Å². The Morgan fingerprint density at radius 2 is 2.05 bits per heavy atom. The van der Waals surface area contributed by atoms with E-state index in [1.165, 1.54) is 6.07 Å². The third-order valence-electron chi connectivity index (χ3n) is 2.91. The zero-order chi connectivity index (χ0) is 15.0. The van der Waals surface area contributed by atoms with Crippen LogP contribution < -0.4 is 10.1 Å². The Bertz CT molecular complexity index is 401. The average Bonchev–Trinajstić information content (AvgIpc) is 2.43. The third-order valence-corrected chi connectivity index (χ3v) is 2.91. The third kappa shape index (κ3) is 5.45. The van der Waals surface area contributed by atoms with Crippen molar-refractivity contribution < 1.29 is 19.0 Å². The van der Waals surface area contributed by atoms with Crippen LogP contribution in [0.5, 0.6) is 5.75 Å². The Labute approximate surface area is 119 Å². The highest BCUT2D eigenvalue weighted by atomic mass is 19.1. The number of nitrogens with one attached hydrogen (secondary N) is 1. The van der Waals surface area contributed by atoms with E-state index in [0.29, 0.717) is 6.61 Å². The van der Waals surface area contributed by atoms with Gasteiger partial charge in [0.1, 0.15) is 12.7 Å². The summed E-state index contributed by atoms with van der Waals surface area (Å²) in [7, 11) is 0. The molecule has 1 aromatic rings. The number of ether oxygens (including phenoxy) is 2. The highest BCUT2D eigenvalue weighted by Crippen LogP contribution is 2.22. The molecule has 114 valence electrons. The lowest BCUT2D eigenvalue weighted by Crippen LogP contribution is -2.23.